The van der Waals surface area contributed by atoms with Crippen LogP contribution >= 0.6 is 0 Å². The van der Waals surface area contributed by atoms with Crippen LogP contribution in [0.2, 0.25) is 0 Å². The summed E-state index contributed by atoms with van der Waals surface area (Å²) in [5.74, 6) is 0.0885. The van der Waals surface area contributed by atoms with Crippen molar-refractivity contribution in [2.45, 2.75) is 37.8 Å². The van der Waals surface area contributed by atoms with Crippen LogP contribution in [0.25, 0.3) is 11.1 Å². The van der Waals surface area contributed by atoms with Crippen molar-refractivity contribution in [3.05, 3.63) is 107 Å². The van der Waals surface area contributed by atoms with Gasteiger partial charge >= 0.3 is 0 Å². The summed E-state index contributed by atoms with van der Waals surface area (Å²) in [4.78, 5) is 48.2. The number of benzene rings is 3. The van der Waals surface area contributed by atoms with Crippen molar-refractivity contribution in [2.24, 2.45) is 4.99 Å². The summed E-state index contributed by atoms with van der Waals surface area (Å²) in [5, 5.41) is 14.1. The number of hydrogen-bond donors (Lipinski definition) is 2. The molecular weight excluding hydrogens is 580 g/mol. The predicted octanol–water partition coefficient (Wildman–Crippen LogP) is 4.68. The first-order chi connectivity index (χ1) is 22.4. The smallest absolute Gasteiger partial charge is 0.261 e. The number of anilines is 1. The van der Waals surface area contributed by atoms with Crippen LogP contribution in [0, 0.1) is 0 Å². The molecule has 3 aromatic rings. The second-order valence-electron chi connectivity index (χ2n) is 12.3. The number of imide groups is 1. The van der Waals surface area contributed by atoms with Gasteiger partial charge in [-0.15, -0.1) is 0 Å². The van der Waals surface area contributed by atoms with Gasteiger partial charge in [0, 0.05) is 30.3 Å². The fraction of sp³-hybridized carbons (Fsp3) is 0.297. The number of likely N-dealkylation sites (tertiary alicyclic amines) is 1. The van der Waals surface area contributed by atoms with Crippen LogP contribution in [0.15, 0.2) is 95.1 Å². The Hall–Kier alpha value is -4.86. The van der Waals surface area contributed by atoms with E-state index in [2.05, 4.69) is 15.2 Å². The van der Waals surface area contributed by atoms with Crippen LogP contribution in [0.5, 0.6) is 5.75 Å². The molecular formula is C37H36N4O5. The number of aliphatic hydroxyl groups excluding tert-OH is 1. The molecule has 0 radical (unpaired) electrons. The lowest BCUT2D eigenvalue weighted by molar-refractivity contribution is -0.114. The van der Waals surface area contributed by atoms with Crippen molar-refractivity contribution in [1.29, 1.82) is 0 Å². The lowest BCUT2D eigenvalue weighted by atomic mass is 9.94. The second-order valence-corrected chi connectivity index (χ2v) is 12.3. The molecule has 1 atom stereocenters. The van der Waals surface area contributed by atoms with E-state index in [1.807, 2.05) is 61.6 Å². The van der Waals surface area contributed by atoms with Gasteiger partial charge in [0.15, 0.2) is 5.78 Å². The van der Waals surface area contributed by atoms with Crippen LogP contribution in [0.3, 0.4) is 0 Å². The molecule has 2 amide bonds. The van der Waals surface area contributed by atoms with Crippen molar-refractivity contribution in [3.63, 3.8) is 0 Å². The third-order valence-corrected chi connectivity index (χ3v) is 9.12. The van der Waals surface area contributed by atoms with Crippen LogP contribution in [-0.4, -0.2) is 83.7 Å². The molecule has 234 valence electrons. The topological polar surface area (TPSA) is 112 Å². The van der Waals surface area contributed by atoms with E-state index >= 15 is 0 Å². The number of carbonyl (C=O) groups is 3. The van der Waals surface area contributed by atoms with Crippen molar-refractivity contribution >= 4 is 29.0 Å². The number of aliphatic hydroxyl groups is 1. The summed E-state index contributed by atoms with van der Waals surface area (Å²) >= 11 is 0. The highest BCUT2D eigenvalue weighted by atomic mass is 16.5. The largest absolute Gasteiger partial charge is 0.491 e. The van der Waals surface area contributed by atoms with Gasteiger partial charge in [-0.2, -0.15) is 0 Å². The molecule has 0 unspecified atom stereocenters. The maximum atomic E-state index is 13.4. The minimum absolute atomic E-state index is 0.0461. The summed E-state index contributed by atoms with van der Waals surface area (Å²) in [5.41, 5.74) is 6.16. The first-order valence-corrected chi connectivity index (χ1v) is 15.8. The average molecular weight is 617 g/mol. The van der Waals surface area contributed by atoms with Crippen molar-refractivity contribution in [1.82, 2.24) is 9.80 Å². The van der Waals surface area contributed by atoms with Crippen molar-refractivity contribution < 1.29 is 24.2 Å². The van der Waals surface area contributed by atoms with E-state index in [9.17, 15) is 19.5 Å². The number of ether oxygens (including phenoxy) is 1. The molecule has 3 aromatic carbocycles. The lowest BCUT2D eigenvalue weighted by Gasteiger charge is -2.33. The highest BCUT2D eigenvalue weighted by Crippen LogP contribution is 2.38. The van der Waals surface area contributed by atoms with E-state index in [0.717, 1.165) is 48.3 Å². The number of allylic oxidation sites excluding steroid dienone is 4. The van der Waals surface area contributed by atoms with E-state index in [0.29, 0.717) is 40.3 Å². The van der Waals surface area contributed by atoms with Gasteiger partial charge in [0.25, 0.3) is 11.8 Å². The standard InChI is InChI=1S/C37H36N4O5/c1-40-15-13-26(14-16-40)41-36(44)29-18-25-19-33(39-32(25)20-30(29)37(41)45)35-31(11-6-12-34(35)43)38-21-27(42)22-46-28-10-5-9-24(17-28)23-7-3-2-4-8-23/h2-11,17-18,20,26-27,39,42H,12-16,19,21-22H2,1H3/t27-/m1/s1. The summed E-state index contributed by atoms with van der Waals surface area (Å²) in [6, 6.07) is 21.2. The first kappa shape index (κ1) is 29.8. The Kier molecular flexibility index (Phi) is 8.11. The van der Waals surface area contributed by atoms with Crippen molar-refractivity contribution in [3.8, 4) is 16.9 Å². The van der Waals surface area contributed by atoms with Crippen LogP contribution in [0.4, 0.5) is 5.69 Å². The Morgan fingerprint density at radius 3 is 2.48 bits per heavy atom. The first-order valence-electron chi connectivity index (χ1n) is 15.8. The molecule has 7 rings (SSSR count). The number of nitrogens with zero attached hydrogens (tertiary/aromatic N) is 3. The van der Waals surface area contributed by atoms with Gasteiger partial charge in [0.2, 0.25) is 0 Å². The number of amides is 2. The molecule has 0 spiro atoms. The van der Waals surface area contributed by atoms with Crippen molar-refractivity contribution in [2.75, 3.05) is 38.6 Å². The summed E-state index contributed by atoms with van der Waals surface area (Å²) in [7, 11) is 2.05. The Morgan fingerprint density at radius 2 is 1.70 bits per heavy atom. The highest BCUT2D eigenvalue weighted by molar-refractivity contribution is 6.29. The average Bonchev–Trinajstić information content (AvgIpc) is 3.59. The summed E-state index contributed by atoms with van der Waals surface area (Å²) < 4.78 is 5.88. The Labute approximate surface area is 267 Å². The molecule has 0 aromatic heterocycles. The molecule has 4 aliphatic rings. The Morgan fingerprint density at radius 1 is 0.957 bits per heavy atom. The number of fused-ring (bicyclic) bond motifs is 2. The fourth-order valence-corrected chi connectivity index (χ4v) is 6.65. The minimum atomic E-state index is -0.884. The van der Waals surface area contributed by atoms with E-state index in [4.69, 9.17) is 4.74 Å². The number of Topliss-reactive ketones (excluding diaryl/α,β-unsaturated/α-hetero) is 1. The molecule has 9 nitrogen and oxygen atoms in total. The van der Waals surface area contributed by atoms with Gasteiger partial charge < -0.3 is 20.1 Å². The quantitative estimate of drug-likeness (QED) is 0.293. The van der Waals surface area contributed by atoms with Gasteiger partial charge in [0.1, 0.15) is 18.5 Å². The number of piperidine rings is 1. The predicted molar refractivity (Wildman–Crippen MR) is 176 cm³/mol. The van der Waals surface area contributed by atoms with Gasteiger partial charge in [-0.3, -0.25) is 24.3 Å². The number of rotatable bonds is 7. The maximum Gasteiger partial charge on any atom is 0.261 e. The molecule has 9 heteroatoms. The fourth-order valence-electron chi connectivity index (χ4n) is 6.65. The van der Waals surface area contributed by atoms with E-state index in [1.165, 1.54) is 4.90 Å². The van der Waals surface area contributed by atoms with Gasteiger partial charge in [-0.05, 0) is 80.0 Å². The van der Waals surface area contributed by atoms with E-state index in [1.54, 1.807) is 24.3 Å². The number of carbonyl (C=O) groups excluding carboxylic acids is 3. The normalized spacial score (nSPS) is 21.5. The van der Waals surface area contributed by atoms with Crippen LogP contribution < -0.4 is 10.1 Å². The zero-order valence-corrected chi connectivity index (χ0v) is 25.7. The Bertz CT molecular complexity index is 1760. The SMILES string of the molecule is CN1CCC(N2C(=O)c3cc4c(cc3C2=O)NC(=C2C(=O)CC=CC2=NC[C@@H](O)COc2cccc(-c3ccccc3)c2)C4)CC1. The molecule has 2 N–H and O–H groups in total. The molecule has 0 bridgehead atoms. The molecule has 46 heavy (non-hydrogen) atoms. The number of nitrogens with one attached hydrogen (secondary N) is 1. The lowest BCUT2D eigenvalue weighted by Crippen LogP contribution is -2.46. The van der Waals surface area contributed by atoms with Gasteiger partial charge in [-0.1, -0.05) is 48.5 Å². The number of ketones is 1. The minimum Gasteiger partial charge on any atom is -0.491 e. The van der Waals surface area contributed by atoms with Crippen LogP contribution in [-0.2, 0) is 11.2 Å². The number of aliphatic imine (C=N–C) groups is 1. The van der Waals surface area contributed by atoms with E-state index in [-0.39, 0.29) is 43.2 Å². The molecule has 1 aliphatic carbocycles. The zero-order chi connectivity index (χ0) is 31.8. The molecule has 1 saturated heterocycles. The number of hydrogen-bond acceptors (Lipinski definition) is 8. The summed E-state index contributed by atoms with van der Waals surface area (Å²) in [6.07, 6.45) is 4.90. The van der Waals surface area contributed by atoms with Crippen LogP contribution in [0.1, 0.15) is 45.5 Å². The second kappa shape index (κ2) is 12.5. The zero-order valence-electron chi connectivity index (χ0n) is 25.7. The molecule has 1 fully saturated rings. The monoisotopic (exact) mass is 616 g/mol. The molecule has 0 saturated carbocycles. The van der Waals surface area contributed by atoms with Gasteiger partial charge in [0.05, 0.1) is 29.0 Å². The maximum absolute atomic E-state index is 13.4. The third kappa shape index (κ3) is 5.79. The molecule has 3 heterocycles. The van der Waals surface area contributed by atoms with Gasteiger partial charge in [-0.25, -0.2) is 0 Å². The van der Waals surface area contributed by atoms with E-state index < -0.39 is 6.10 Å². The summed E-state index contributed by atoms with van der Waals surface area (Å²) in [6.45, 7) is 1.81. The highest BCUT2D eigenvalue weighted by Gasteiger charge is 2.42. The molecule has 3 aliphatic heterocycles. The third-order valence-electron chi connectivity index (χ3n) is 9.12. The Balaban J connectivity index is 1.04.